The minimum Gasteiger partial charge on any atom is -0.245 e. The second kappa shape index (κ2) is 4.37. The second-order valence-electron chi connectivity index (χ2n) is 3.58. The Bertz CT molecular complexity index is 652. The number of benzene rings is 1. The number of aryl methyl sites for hydroxylation is 1. The summed E-state index contributed by atoms with van der Waals surface area (Å²) in [7, 11) is 0. The van der Waals surface area contributed by atoms with Crippen LogP contribution in [0.25, 0.3) is 11.0 Å². The Morgan fingerprint density at radius 2 is 1.88 bits per heavy atom. The molecule has 2 aromatic rings. The summed E-state index contributed by atoms with van der Waals surface area (Å²) in [5, 5.41) is 17.8. The number of halogens is 1. The van der Waals surface area contributed by atoms with E-state index in [1.807, 2.05) is 31.2 Å². The number of rotatable bonds is 1. The molecule has 0 N–H and O–H groups in total. The molecule has 1 aromatic heterocycles. The fraction of sp³-hybridized carbons (Fsp3) is 0.167. The average Bonchev–Trinajstić information content (AvgIpc) is 2.32. The summed E-state index contributed by atoms with van der Waals surface area (Å²) in [6, 6.07) is 9.23. The van der Waals surface area contributed by atoms with Gasteiger partial charge in [0.1, 0.15) is 5.69 Å². The molecule has 5 heteroatoms. The standard InChI is InChI=1S/C12H7ClN4/c1-7-2-3-9-10(4-7)16-11(12(13)17-9)8(5-14)6-15/h2-4,8H,1H3. The molecule has 0 atom stereocenters. The van der Waals surface area contributed by atoms with Gasteiger partial charge in [-0.25, -0.2) is 9.97 Å². The van der Waals surface area contributed by atoms with Crippen molar-refractivity contribution in [3.05, 3.63) is 34.6 Å². The molecule has 0 spiro atoms. The van der Waals surface area contributed by atoms with Crippen molar-refractivity contribution in [3.63, 3.8) is 0 Å². The average molecular weight is 243 g/mol. The first-order chi connectivity index (χ1) is 8.15. The number of nitriles is 2. The van der Waals surface area contributed by atoms with Crippen molar-refractivity contribution < 1.29 is 0 Å². The highest BCUT2D eigenvalue weighted by molar-refractivity contribution is 6.30. The monoisotopic (exact) mass is 242 g/mol. The van der Waals surface area contributed by atoms with Crippen LogP contribution >= 0.6 is 11.6 Å². The van der Waals surface area contributed by atoms with Crippen molar-refractivity contribution in [1.29, 1.82) is 10.5 Å². The molecule has 1 heterocycles. The van der Waals surface area contributed by atoms with Gasteiger partial charge in [0, 0.05) is 0 Å². The molecule has 0 aliphatic rings. The van der Waals surface area contributed by atoms with Crippen molar-refractivity contribution in [2.45, 2.75) is 12.8 Å². The van der Waals surface area contributed by atoms with E-state index in [4.69, 9.17) is 22.1 Å². The summed E-state index contributed by atoms with van der Waals surface area (Å²) in [6.45, 7) is 1.93. The van der Waals surface area contributed by atoms with Crippen LogP contribution in [0.15, 0.2) is 18.2 Å². The zero-order valence-corrected chi connectivity index (χ0v) is 9.73. The SMILES string of the molecule is Cc1ccc2nc(Cl)c(C(C#N)C#N)nc2c1. The zero-order chi connectivity index (χ0) is 12.4. The van der Waals surface area contributed by atoms with Gasteiger partial charge >= 0.3 is 0 Å². The number of aromatic nitrogens is 2. The van der Waals surface area contributed by atoms with Crippen molar-refractivity contribution in [2.75, 3.05) is 0 Å². The summed E-state index contributed by atoms with van der Waals surface area (Å²) in [4.78, 5) is 8.37. The first-order valence-electron chi connectivity index (χ1n) is 4.88. The molecule has 0 fully saturated rings. The lowest BCUT2D eigenvalue weighted by Crippen LogP contribution is -2.00. The second-order valence-corrected chi connectivity index (χ2v) is 3.94. The Kier molecular flexibility index (Phi) is 2.91. The fourth-order valence-electron chi connectivity index (χ4n) is 1.49. The normalized spacial score (nSPS) is 10.2. The van der Waals surface area contributed by atoms with E-state index < -0.39 is 5.92 Å². The molecule has 4 nitrogen and oxygen atoms in total. The molecule has 1 aromatic carbocycles. The van der Waals surface area contributed by atoms with Crippen LogP contribution < -0.4 is 0 Å². The molecule has 17 heavy (non-hydrogen) atoms. The van der Waals surface area contributed by atoms with Crippen LogP contribution in [0.4, 0.5) is 0 Å². The van der Waals surface area contributed by atoms with E-state index in [-0.39, 0.29) is 10.8 Å². The lowest BCUT2D eigenvalue weighted by molar-refractivity contribution is 1.01. The van der Waals surface area contributed by atoms with E-state index in [1.54, 1.807) is 6.07 Å². The van der Waals surface area contributed by atoms with Gasteiger partial charge in [0.15, 0.2) is 11.1 Å². The van der Waals surface area contributed by atoms with Gasteiger partial charge in [-0.15, -0.1) is 0 Å². The Morgan fingerprint density at radius 3 is 2.53 bits per heavy atom. The predicted molar refractivity (Wildman–Crippen MR) is 63.3 cm³/mol. The third-order valence-electron chi connectivity index (χ3n) is 2.33. The molecule has 0 aliphatic heterocycles. The lowest BCUT2D eigenvalue weighted by Gasteiger charge is -2.05. The van der Waals surface area contributed by atoms with Gasteiger partial charge in [-0.3, -0.25) is 0 Å². The fourth-order valence-corrected chi connectivity index (χ4v) is 1.73. The molecule has 0 amide bonds. The number of nitrogens with zero attached hydrogens (tertiary/aromatic N) is 4. The molecule has 2 rings (SSSR count). The molecule has 82 valence electrons. The third-order valence-corrected chi connectivity index (χ3v) is 2.61. The molecular weight excluding hydrogens is 236 g/mol. The van der Waals surface area contributed by atoms with E-state index in [2.05, 4.69) is 9.97 Å². The van der Waals surface area contributed by atoms with Crippen molar-refractivity contribution in [1.82, 2.24) is 9.97 Å². The minimum absolute atomic E-state index is 0.106. The maximum Gasteiger partial charge on any atom is 0.178 e. The first-order valence-corrected chi connectivity index (χ1v) is 5.26. The van der Waals surface area contributed by atoms with E-state index in [0.29, 0.717) is 11.0 Å². The van der Waals surface area contributed by atoms with Gasteiger partial charge in [0.25, 0.3) is 0 Å². The molecule has 0 aliphatic carbocycles. The molecule has 0 bridgehead atoms. The first kappa shape index (κ1) is 11.3. The molecule has 0 saturated heterocycles. The molecule has 0 radical (unpaired) electrons. The van der Waals surface area contributed by atoms with E-state index in [1.165, 1.54) is 0 Å². The number of fused-ring (bicyclic) bond motifs is 1. The highest BCUT2D eigenvalue weighted by atomic mass is 35.5. The summed E-state index contributed by atoms with van der Waals surface area (Å²) < 4.78 is 0. The highest BCUT2D eigenvalue weighted by Gasteiger charge is 2.17. The van der Waals surface area contributed by atoms with Crippen LogP contribution in [0, 0.1) is 29.6 Å². The van der Waals surface area contributed by atoms with Crippen LogP contribution in [0.2, 0.25) is 5.15 Å². The van der Waals surface area contributed by atoms with Crippen LogP contribution in [0.1, 0.15) is 17.2 Å². The quantitative estimate of drug-likeness (QED) is 0.771. The Labute approximate surface area is 103 Å². The number of hydrogen-bond donors (Lipinski definition) is 0. The summed E-state index contributed by atoms with van der Waals surface area (Å²) >= 11 is 5.92. The van der Waals surface area contributed by atoms with E-state index in [0.717, 1.165) is 5.56 Å². The lowest BCUT2D eigenvalue weighted by atomic mass is 10.1. The predicted octanol–water partition coefficient (Wildman–Crippen LogP) is 2.72. The highest BCUT2D eigenvalue weighted by Crippen LogP contribution is 2.23. The molecule has 0 unspecified atom stereocenters. The number of hydrogen-bond acceptors (Lipinski definition) is 4. The van der Waals surface area contributed by atoms with Crippen molar-refractivity contribution in [3.8, 4) is 12.1 Å². The van der Waals surface area contributed by atoms with Crippen LogP contribution in [0.5, 0.6) is 0 Å². The molecule has 0 saturated carbocycles. The third kappa shape index (κ3) is 2.04. The Morgan fingerprint density at radius 1 is 1.18 bits per heavy atom. The van der Waals surface area contributed by atoms with Crippen LogP contribution in [-0.4, -0.2) is 9.97 Å². The molecular formula is C12H7ClN4. The van der Waals surface area contributed by atoms with E-state index >= 15 is 0 Å². The van der Waals surface area contributed by atoms with Crippen LogP contribution in [-0.2, 0) is 0 Å². The summed E-state index contributed by atoms with van der Waals surface area (Å²) in [5.41, 5.74) is 2.54. The summed E-state index contributed by atoms with van der Waals surface area (Å²) in [6.07, 6.45) is 0. The van der Waals surface area contributed by atoms with Crippen molar-refractivity contribution in [2.24, 2.45) is 0 Å². The Hall–Kier alpha value is -2.17. The van der Waals surface area contributed by atoms with Gasteiger partial charge in [-0.1, -0.05) is 17.7 Å². The maximum atomic E-state index is 8.83. The van der Waals surface area contributed by atoms with E-state index in [9.17, 15) is 0 Å². The van der Waals surface area contributed by atoms with Crippen molar-refractivity contribution >= 4 is 22.6 Å². The maximum absolute atomic E-state index is 8.83. The van der Waals surface area contributed by atoms with Gasteiger partial charge in [-0.05, 0) is 24.6 Å². The van der Waals surface area contributed by atoms with Crippen LogP contribution in [0.3, 0.4) is 0 Å². The smallest absolute Gasteiger partial charge is 0.178 e. The Balaban J connectivity index is 2.71. The van der Waals surface area contributed by atoms with Gasteiger partial charge in [0.05, 0.1) is 23.2 Å². The zero-order valence-electron chi connectivity index (χ0n) is 8.98. The largest absolute Gasteiger partial charge is 0.245 e. The minimum atomic E-state index is -0.986. The van der Waals surface area contributed by atoms with Gasteiger partial charge < -0.3 is 0 Å². The van der Waals surface area contributed by atoms with Gasteiger partial charge in [0.2, 0.25) is 0 Å². The summed E-state index contributed by atoms with van der Waals surface area (Å²) in [5.74, 6) is -0.986. The topological polar surface area (TPSA) is 73.4 Å². The van der Waals surface area contributed by atoms with Gasteiger partial charge in [-0.2, -0.15) is 10.5 Å².